The molecular formula is C41H53F2N3O5. The van der Waals surface area contributed by atoms with E-state index in [1.165, 1.54) is 19.1 Å². The normalized spacial score (nSPS) is 43.1. The molecule has 51 heavy (non-hydrogen) atoms. The number of hydrogen-bond donors (Lipinski definition) is 2. The van der Waals surface area contributed by atoms with Crippen LogP contribution in [0.3, 0.4) is 0 Å². The van der Waals surface area contributed by atoms with E-state index in [1.807, 2.05) is 0 Å². The number of carbonyl (C=O) groups is 2. The quantitative estimate of drug-likeness (QED) is 0.333. The van der Waals surface area contributed by atoms with E-state index in [0.717, 1.165) is 51.0 Å². The largest absolute Gasteiger partial charge is 0.457 e. The van der Waals surface area contributed by atoms with Gasteiger partial charge in [0.2, 0.25) is 5.91 Å². The van der Waals surface area contributed by atoms with Crippen LogP contribution in [0.4, 0.5) is 8.78 Å². The minimum Gasteiger partial charge on any atom is -0.457 e. The fourth-order valence-electron chi connectivity index (χ4n) is 13.5. The first-order chi connectivity index (χ1) is 24.1. The summed E-state index contributed by atoms with van der Waals surface area (Å²) in [6.07, 6.45) is 7.24. The predicted octanol–water partition coefficient (Wildman–Crippen LogP) is 6.44. The molecule has 0 radical (unpaired) electrons. The Morgan fingerprint density at radius 1 is 1.04 bits per heavy atom. The number of rotatable bonds is 6. The van der Waals surface area contributed by atoms with Crippen LogP contribution in [0.2, 0.25) is 0 Å². The van der Waals surface area contributed by atoms with Crippen LogP contribution >= 0.6 is 0 Å². The van der Waals surface area contributed by atoms with Crippen molar-refractivity contribution in [1.82, 2.24) is 9.88 Å². The van der Waals surface area contributed by atoms with Crippen LogP contribution in [-0.4, -0.2) is 63.4 Å². The summed E-state index contributed by atoms with van der Waals surface area (Å²) in [7, 11) is 0. The predicted molar refractivity (Wildman–Crippen MR) is 186 cm³/mol. The summed E-state index contributed by atoms with van der Waals surface area (Å²) in [6, 6.07) is 8.62. The highest BCUT2D eigenvalue weighted by molar-refractivity contribution is 5.87. The van der Waals surface area contributed by atoms with Crippen molar-refractivity contribution < 1.29 is 33.0 Å². The number of aromatic nitrogens is 1. The molecule has 6 aliphatic rings. The van der Waals surface area contributed by atoms with Gasteiger partial charge in [-0.2, -0.15) is 0 Å². The van der Waals surface area contributed by atoms with E-state index in [-0.39, 0.29) is 76.6 Å². The summed E-state index contributed by atoms with van der Waals surface area (Å²) in [5.41, 5.74) is 7.26. The maximum Gasteiger partial charge on any atom is 0.357 e. The fraction of sp³-hybridized carbons (Fsp3) is 0.683. The number of pyridine rings is 1. The fourth-order valence-corrected chi connectivity index (χ4v) is 13.5. The summed E-state index contributed by atoms with van der Waals surface area (Å²) in [6.45, 7) is 10.9. The molecule has 6 fully saturated rings. The highest BCUT2D eigenvalue weighted by Gasteiger charge is 2.85. The van der Waals surface area contributed by atoms with Crippen LogP contribution in [0.5, 0.6) is 0 Å². The molecule has 8 nitrogen and oxygen atoms in total. The van der Waals surface area contributed by atoms with Gasteiger partial charge in [0.1, 0.15) is 23.4 Å². The van der Waals surface area contributed by atoms with Gasteiger partial charge in [-0.25, -0.2) is 18.6 Å². The third kappa shape index (κ3) is 4.94. The second-order valence-corrected chi connectivity index (χ2v) is 18.1. The zero-order chi connectivity index (χ0) is 36.3. The summed E-state index contributed by atoms with van der Waals surface area (Å²) >= 11 is 0. The van der Waals surface area contributed by atoms with E-state index < -0.39 is 29.4 Å². The van der Waals surface area contributed by atoms with Crippen LogP contribution in [0, 0.1) is 57.0 Å². The lowest BCUT2D eigenvalue weighted by Gasteiger charge is -2.63. The Labute approximate surface area is 299 Å². The van der Waals surface area contributed by atoms with Crippen molar-refractivity contribution in [3.8, 4) is 0 Å². The SMILES string of the molecule is CC(=O)N(Cc1cc(F)cc(F)c1)CC1C[C@@H](C)[C@H]2C(O1)[C@H](O)[C@@]1(N)C3CC[C@H]4C(C)(C)[C@@H](OC(=O)c5ccccn5)CC[C@@]45C[C@@]35CC[C@]21C. The lowest BCUT2D eigenvalue weighted by molar-refractivity contribution is -0.154. The Morgan fingerprint density at radius 2 is 1.75 bits per heavy atom. The lowest BCUT2D eigenvalue weighted by Crippen LogP contribution is -2.70. The van der Waals surface area contributed by atoms with Crippen LogP contribution < -0.4 is 5.73 Å². The number of ether oxygens (including phenoxy) is 2. The van der Waals surface area contributed by atoms with Gasteiger partial charge in [-0.15, -0.1) is 0 Å². The van der Waals surface area contributed by atoms with E-state index in [2.05, 4.69) is 32.7 Å². The van der Waals surface area contributed by atoms with Gasteiger partial charge in [-0.3, -0.25) is 4.79 Å². The Bertz CT molecular complexity index is 1710. The number of aliphatic hydroxyl groups excluding tert-OH is 1. The first kappa shape index (κ1) is 35.1. The Hall–Kier alpha value is -2.95. The molecule has 1 saturated heterocycles. The van der Waals surface area contributed by atoms with Gasteiger partial charge < -0.3 is 25.2 Å². The van der Waals surface area contributed by atoms with Gasteiger partial charge in [-0.05, 0) is 121 Å². The minimum atomic E-state index is -0.860. The number of fused-ring (bicyclic) bond motifs is 4. The van der Waals surface area contributed by atoms with Gasteiger partial charge in [0.15, 0.2) is 0 Å². The third-order valence-electron chi connectivity index (χ3n) is 15.6. The molecule has 1 aromatic carbocycles. The van der Waals surface area contributed by atoms with Gasteiger partial charge in [0, 0.05) is 37.7 Å². The molecule has 0 bridgehead atoms. The topological polar surface area (TPSA) is 115 Å². The highest BCUT2D eigenvalue weighted by Crippen LogP contribution is 2.87. The van der Waals surface area contributed by atoms with E-state index in [0.29, 0.717) is 23.6 Å². The summed E-state index contributed by atoms with van der Waals surface area (Å²) < 4.78 is 40.9. The number of hydrogen-bond acceptors (Lipinski definition) is 7. The maximum absolute atomic E-state index is 14.0. The second kappa shape index (κ2) is 11.8. The molecule has 5 aliphatic carbocycles. The van der Waals surface area contributed by atoms with Crippen molar-refractivity contribution in [2.75, 3.05) is 6.54 Å². The van der Waals surface area contributed by atoms with Gasteiger partial charge in [0.25, 0.3) is 0 Å². The molecule has 2 aromatic rings. The van der Waals surface area contributed by atoms with Crippen molar-refractivity contribution in [2.45, 2.75) is 122 Å². The molecule has 3 N–H and O–H groups in total. The van der Waals surface area contributed by atoms with Gasteiger partial charge in [0.05, 0.1) is 23.9 Å². The first-order valence-electron chi connectivity index (χ1n) is 19.0. The average Bonchev–Trinajstić information content (AvgIpc) is 3.70. The number of benzene rings is 1. The van der Waals surface area contributed by atoms with E-state index >= 15 is 0 Å². The smallest absolute Gasteiger partial charge is 0.357 e. The number of carbonyl (C=O) groups excluding carboxylic acids is 2. The van der Waals surface area contributed by atoms with Crippen LogP contribution in [0.1, 0.15) is 102 Å². The molecule has 3 unspecified atom stereocenters. The van der Waals surface area contributed by atoms with Crippen LogP contribution in [0.15, 0.2) is 42.6 Å². The number of nitrogens with two attached hydrogens (primary N) is 1. The molecule has 12 atom stereocenters. The van der Waals surface area contributed by atoms with Crippen molar-refractivity contribution in [1.29, 1.82) is 0 Å². The Kier molecular flexibility index (Phi) is 8.10. The Balaban J connectivity index is 1.02. The molecule has 1 amide bonds. The van der Waals surface area contributed by atoms with E-state index in [4.69, 9.17) is 15.2 Å². The monoisotopic (exact) mass is 705 g/mol. The van der Waals surface area contributed by atoms with Crippen LogP contribution in [-0.2, 0) is 20.8 Å². The standard InChI is InChI=1S/C41H53F2N3O5/c1-23-16-28(21-46(24(2)47)20-25-17-26(42)19-27(43)18-25)50-34-33(23)38(5)13-14-40-22-39(40)12-11-32(51-36(49)29-8-6-7-15-45-29)37(3,4)30(39)9-10-31(40)41(38,44)35(34)48/h6-8,15,17-19,23,28,30-35,48H,9-14,16,20-22,44H2,1-5H3/t23-,28?,30+,31?,32+,33+,34?,35+,38-,39-,40+,41+/m1/s1. The van der Waals surface area contributed by atoms with Crippen molar-refractivity contribution in [2.24, 2.45) is 51.1 Å². The molecule has 2 spiro atoms. The maximum atomic E-state index is 14.0. The highest BCUT2D eigenvalue weighted by atomic mass is 19.1. The molecule has 1 aliphatic heterocycles. The summed E-state index contributed by atoms with van der Waals surface area (Å²) in [5, 5.41) is 12.5. The zero-order valence-electron chi connectivity index (χ0n) is 30.5. The summed E-state index contributed by atoms with van der Waals surface area (Å²) in [5.74, 6) is -1.13. The zero-order valence-corrected chi connectivity index (χ0v) is 30.5. The van der Waals surface area contributed by atoms with E-state index in [1.54, 1.807) is 29.3 Å². The number of amides is 1. The average molecular weight is 706 g/mol. The minimum absolute atomic E-state index is 0.0419. The van der Waals surface area contributed by atoms with Crippen molar-refractivity contribution >= 4 is 11.9 Å². The van der Waals surface area contributed by atoms with Crippen molar-refractivity contribution in [3.05, 3.63) is 65.5 Å². The first-order valence-corrected chi connectivity index (χ1v) is 19.0. The second-order valence-electron chi connectivity index (χ2n) is 18.1. The molecule has 8 rings (SSSR count). The summed E-state index contributed by atoms with van der Waals surface area (Å²) in [4.78, 5) is 31.7. The molecule has 10 heteroatoms. The molecule has 2 heterocycles. The van der Waals surface area contributed by atoms with Gasteiger partial charge >= 0.3 is 5.97 Å². The third-order valence-corrected chi connectivity index (χ3v) is 15.6. The lowest BCUT2D eigenvalue weighted by atomic mass is 9.43. The molecular weight excluding hydrogens is 652 g/mol. The van der Waals surface area contributed by atoms with Crippen LogP contribution in [0.25, 0.3) is 0 Å². The number of esters is 1. The molecule has 1 aromatic heterocycles. The number of nitrogens with zero attached hydrogens (tertiary/aromatic N) is 2. The van der Waals surface area contributed by atoms with Crippen molar-refractivity contribution in [3.63, 3.8) is 0 Å². The molecule has 5 saturated carbocycles. The Morgan fingerprint density at radius 3 is 2.43 bits per heavy atom. The van der Waals surface area contributed by atoms with Gasteiger partial charge in [-0.1, -0.05) is 33.8 Å². The number of aliphatic hydroxyl groups is 1. The number of halogens is 2. The molecule has 276 valence electrons. The van der Waals surface area contributed by atoms with E-state index in [9.17, 15) is 23.5 Å².